The third kappa shape index (κ3) is 5.20. The van der Waals surface area contributed by atoms with Gasteiger partial charge < -0.3 is 15.8 Å². The highest BCUT2D eigenvalue weighted by Crippen LogP contribution is 2.22. The Kier molecular flexibility index (Phi) is 6.31. The second-order valence-corrected chi connectivity index (χ2v) is 5.70. The third-order valence-electron chi connectivity index (χ3n) is 3.00. The lowest BCUT2D eigenvalue weighted by atomic mass is 10.1. The van der Waals surface area contributed by atoms with E-state index < -0.39 is 0 Å². The molecule has 1 aromatic carbocycles. The van der Waals surface area contributed by atoms with Gasteiger partial charge in [-0.3, -0.25) is 4.79 Å². The molecule has 1 rings (SSSR count). The van der Waals surface area contributed by atoms with Gasteiger partial charge in [-0.25, -0.2) is 0 Å². The van der Waals surface area contributed by atoms with E-state index in [2.05, 4.69) is 35.1 Å². The highest BCUT2D eigenvalue weighted by molar-refractivity contribution is 9.10. The van der Waals surface area contributed by atoms with Gasteiger partial charge in [0, 0.05) is 17.1 Å². The summed E-state index contributed by atoms with van der Waals surface area (Å²) in [5, 5.41) is 2.89. The van der Waals surface area contributed by atoms with E-state index in [1.807, 2.05) is 25.1 Å². The number of halogens is 1. The number of carbonyl (C=O) groups is 1. The van der Waals surface area contributed by atoms with Crippen LogP contribution in [0.1, 0.15) is 26.3 Å². The molecule has 0 aliphatic rings. The normalized spacial score (nSPS) is 12.3. The summed E-state index contributed by atoms with van der Waals surface area (Å²) in [7, 11) is 0. The number of ether oxygens (including phenoxy) is 1. The first-order valence-corrected chi connectivity index (χ1v) is 7.14. The molecule has 1 unspecified atom stereocenters. The van der Waals surface area contributed by atoms with Crippen molar-refractivity contribution in [3.63, 3.8) is 0 Å². The second-order valence-electron chi connectivity index (χ2n) is 4.85. The average Bonchev–Trinajstić information content (AvgIpc) is 2.37. The number of carbonyl (C=O) groups excluding carboxylic acids is 1. The number of amides is 1. The summed E-state index contributed by atoms with van der Waals surface area (Å²) in [6, 6.07) is 5.65. The minimum atomic E-state index is -0.113. The lowest BCUT2D eigenvalue weighted by Crippen LogP contribution is -2.38. The van der Waals surface area contributed by atoms with Crippen LogP contribution in [0.25, 0.3) is 0 Å². The Balaban J connectivity index is 2.50. The van der Waals surface area contributed by atoms with Crippen LogP contribution in [-0.4, -0.2) is 18.6 Å². The fourth-order valence-corrected chi connectivity index (χ4v) is 1.82. The minimum Gasteiger partial charge on any atom is -0.484 e. The Morgan fingerprint density at radius 1 is 1.42 bits per heavy atom. The molecule has 0 fully saturated rings. The zero-order valence-electron chi connectivity index (χ0n) is 11.6. The summed E-state index contributed by atoms with van der Waals surface area (Å²) < 4.78 is 6.40. The van der Waals surface area contributed by atoms with Gasteiger partial charge in [0.15, 0.2) is 6.61 Å². The highest BCUT2D eigenvalue weighted by atomic mass is 79.9. The standard InChI is InChI=1S/C14H21BrN2O2/c1-9(2)10(3)17-14(18)8-19-12-4-5-13(15)11(6-12)7-16/h4-6,9-10H,7-8,16H2,1-3H3,(H,17,18). The Labute approximate surface area is 122 Å². The molecular formula is C14H21BrN2O2. The first kappa shape index (κ1) is 16.0. The summed E-state index contributed by atoms with van der Waals surface area (Å²) in [6.45, 7) is 6.55. The molecule has 0 aliphatic carbocycles. The van der Waals surface area contributed by atoms with Crippen LogP contribution in [0.15, 0.2) is 22.7 Å². The van der Waals surface area contributed by atoms with E-state index in [0.29, 0.717) is 18.2 Å². The lowest BCUT2D eigenvalue weighted by molar-refractivity contribution is -0.124. The van der Waals surface area contributed by atoms with Crippen LogP contribution in [0.3, 0.4) is 0 Å². The molecule has 0 aliphatic heterocycles. The van der Waals surface area contributed by atoms with Gasteiger partial charge in [0.25, 0.3) is 5.91 Å². The van der Waals surface area contributed by atoms with Gasteiger partial charge in [0.2, 0.25) is 0 Å². The SMILES string of the molecule is CC(C)C(C)NC(=O)COc1ccc(Br)c(CN)c1. The van der Waals surface area contributed by atoms with Crippen LogP contribution in [0.2, 0.25) is 0 Å². The molecule has 0 bridgehead atoms. The maximum atomic E-state index is 11.7. The zero-order chi connectivity index (χ0) is 14.4. The monoisotopic (exact) mass is 328 g/mol. The molecule has 3 N–H and O–H groups in total. The molecule has 5 heteroatoms. The van der Waals surface area contributed by atoms with Gasteiger partial charge in [-0.1, -0.05) is 29.8 Å². The van der Waals surface area contributed by atoms with Gasteiger partial charge >= 0.3 is 0 Å². The van der Waals surface area contributed by atoms with Crippen LogP contribution in [-0.2, 0) is 11.3 Å². The molecule has 0 aromatic heterocycles. The van der Waals surface area contributed by atoms with Crippen molar-refractivity contribution in [2.75, 3.05) is 6.61 Å². The molecule has 0 heterocycles. The van der Waals surface area contributed by atoms with E-state index in [4.69, 9.17) is 10.5 Å². The van der Waals surface area contributed by atoms with Crippen molar-refractivity contribution >= 4 is 21.8 Å². The predicted molar refractivity (Wildman–Crippen MR) is 80.0 cm³/mol. The van der Waals surface area contributed by atoms with E-state index in [1.165, 1.54) is 0 Å². The molecule has 0 radical (unpaired) electrons. The van der Waals surface area contributed by atoms with Crippen LogP contribution in [0, 0.1) is 5.92 Å². The summed E-state index contributed by atoms with van der Waals surface area (Å²) in [5.74, 6) is 0.940. The van der Waals surface area contributed by atoms with Crippen LogP contribution < -0.4 is 15.8 Å². The smallest absolute Gasteiger partial charge is 0.258 e. The van der Waals surface area contributed by atoms with E-state index in [0.717, 1.165) is 10.0 Å². The van der Waals surface area contributed by atoms with Gasteiger partial charge in [0.05, 0.1) is 0 Å². The minimum absolute atomic E-state index is 0.0166. The molecule has 0 saturated carbocycles. The van der Waals surface area contributed by atoms with Gasteiger partial charge in [-0.05, 0) is 36.6 Å². The summed E-state index contributed by atoms with van der Waals surface area (Å²) >= 11 is 3.40. The van der Waals surface area contributed by atoms with Crippen molar-refractivity contribution in [1.82, 2.24) is 5.32 Å². The van der Waals surface area contributed by atoms with Crippen LogP contribution >= 0.6 is 15.9 Å². The van der Waals surface area contributed by atoms with E-state index in [1.54, 1.807) is 0 Å². The number of benzene rings is 1. The second kappa shape index (κ2) is 7.50. The first-order valence-electron chi connectivity index (χ1n) is 6.34. The third-order valence-corrected chi connectivity index (χ3v) is 3.77. The van der Waals surface area contributed by atoms with Crippen molar-refractivity contribution in [2.24, 2.45) is 11.7 Å². The topological polar surface area (TPSA) is 64.3 Å². The Bertz CT molecular complexity index is 435. The van der Waals surface area contributed by atoms with Crippen molar-refractivity contribution in [3.05, 3.63) is 28.2 Å². The van der Waals surface area contributed by atoms with Gasteiger partial charge in [-0.15, -0.1) is 0 Å². The molecule has 1 atom stereocenters. The van der Waals surface area contributed by atoms with Crippen molar-refractivity contribution < 1.29 is 9.53 Å². The van der Waals surface area contributed by atoms with Crippen molar-refractivity contribution in [1.29, 1.82) is 0 Å². The number of hydrogen-bond acceptors (Lipinski definition) is 3. The summed E-state index contributed by atoms with van der Waals surface area (Å²) in [4.78, 5) is 11.7. The Morgan fingerprint density at radius 3 is 2.68 bits per heavy atom. The van der Waals surface area contributed by atoms with Crippen molar-refractivity contribution in [3.8, 4) is 5.75 Å². The molecule has 1 amide bonds. The summed E-state index contributed by atoms with van der Waals surface area (Å²) in [6.07, 6.45) is 0. The lowest BCUT2D eigenvalue weighted by Gasteiger charge is -2.17. The predicted octanol–water partition coefficient (Wildman–Crippen LogP) is 2.45. The molecule has 106 valence electrons. The van der Waals surface area contributed by atoms with E-state index >= 15 is 0 Å². The molecule has 0 saturated heterocycles. The van der Waals surface area contributed by atoms with Crippen molar-refractivity contribution in [2.45, 2.75) is 33.4 Å². The molecule has 19 heavy (non-hydrogen) atoms. The first-order chi connectivity index (χ1) is 8.93. The summed E-state index contributed by atoms with van der Waals surface area (Å²) in [5.41, 5.74) is 6.56. The molecular weight excluding hydrogens is 308 g/mol. The number of hydrogen-bond donors (Lipinski definition) is 2. The zero-order valence-corrected chi connectivity index (χ0v) is 13.2. The Hall–Kier alpha value is -1.07. The quantitative estimate of drug-likeness (QED) is 0.843. The largest absolute Gasteiger partial charge is 0.484 e. The maximum absolute atomic E-state index is 11.7. The van der Waals surface area contributed by atoms with Crippen LogP contribution in [0.5, 0.6) is 5.75 Å². The number of nitrogens with two attached hydrogens (primary N) is 1. The Morgan fingerprint density at radius 2 is 2.11 bits per heavy atom. The van der Waals surface area contributed by atoms with Crippen LogP contribution in [0.4, 0.5) is 0 Å². The molecule has 0 spiro atoms. The highest BCUT2D eigenvalue weighted by Gasteiger charge is 2.11. The number of rotatable bonds is 6. The van der Waals surface area contributed by atoms with E-state index in [-0.39, 0.29) is 18.6 Å². The van der Waals surface area contributed by atoms with E-state index in [9.17, 15) is 4.79 Å². The fourth-order valence-electron chi connectivity index (χ4n) is 1.41. The molecule has 4 nitrogen and oxygen atoms in total. The molecule has 1 aromatic rings. The fraction of sp³-hybridized carbons (Fsp3) is 0.500. The van der Waals surface area contributed by atoms with Gasteiger partial charge in [0.1, 0.15) is 5.75 Å². The maximum Gasteiger partial charge on any atom is 0.258 e. The average molecular weight is 329 g/mol. The number of nitrogens with one attached hydrogen (secondary N) is 1. The van der Waals surface area contributed by atoms with Gasteiger partial charge in [-0.2, -0.15) is 0 Å².